The molecule has 0 atom stereocenters. The van der Waals surface area contributed by atoms with E-state index in [1.54, 1.807) is 0 Å². The molecular formula is C10H8Br2FNO3S. The molecule has 1 amide bonds. The minimum absolute atomic E-state index is 0.124. The average molecular weight is 401 g/mol. The first kappa shape index (κ1) is 14.0. The van der Waals surface area contributed by atoms with Crippen LogP contribution < -0.4 is 5.32 Å². The number of carboxylic acids is 1. The van der Waals surface area contributed by atoms with Crippen molar-refractivity contribution < 1.29 is 19.1 Å². The van der Waals surface area contributed by atoms with E-state index in [9.17, 15) is 14.0 Å². The maximum atomic E-state index is 13.7. The molecule has 0 aliphatic heterocycles. The first-order valence-electron chi connectivity index (χ1n) is 5.06. The van der Waals surface area contributed by atoms with E-state index in [2.05, 4.69) is 37.2 Å². The summed E-state index contributed by atoms with van der Waals surface area (Å²) in [5.41, 5.74) is -1.23. The minimum atomic E-state index is -1.23. The standard InChI is InChI=1S/C10H8Br2FNO3S/c11-4-5(13)6(18-7(4)12)8(15)14-10(9(16)17)2-1-3-10/h1-3H2,(H,14,15)(H,16,17). The zero-order valence-corrected chi connectivity index (χ0v) is 12.9. The fourth-order valence-corrected chi connectivity index (χ4v) is 3.63. The smallest absolute Gasteiger partial charge is 0.329 e. The Morgan fingerprint density at radius 2 is 2.00 bits per heavy atom. The predicted octanol–water partition coefficient (Wildman–Crippen LogP) is 3.15. The Morgan fingerprint density at radius 3 is 2.33 bits per heavy atom. The van der Waals surface area contributed by atoms with Gasteiger partial charge in [0.15, 0.2) is 5.82 Å². The van der Waals surface area contributed by atoms with Crippen molar-refractivity contribution in [3.05, 3.63) is 19.0 Å². The minimum Gasteiger partial charge on any atom is -0.480 e. The molecule has 1 aromatic heterocycles. The molecule has 2 rings (SSSR count). The molecule has 0 bridgehead atoms. The van der Waals surface area contributed by atoms with Gasteiger partial charge in [0.1, 0.15) is 10.4 Å². The van der Waals surface area contributed by atoms with Gasteiger partial charge < -0.3 is 10.4 Å². The first-order chi connectivity index (χ1) is 8.37. The number of nitrogens with one attached hydrogen (secondary N) is 1. The number of hydrogen-bond acceptors (Lipinski definition) is 3. The number of amides is 1. The van der Waals surface area contributed by atoms with E-state index < -0.39 is 23.2 Å². The normalized spacial score (nSPS) is 17.1. The van der Waals surface area contributed by atoms with Crippen molar-refractivity contribution in [2.75, 3.05) is 0 Å². The van der Waals surface area contributed by atoms with Gasteiger partial charge in [-0.25, -0.2) is 9.18 Å². The van der Waals surface area contributed by atoms with E-state index in [1.165, 1.54) is 0 Å². The van der Waals surface area contributed by atoms with Gasteiger partial charge >= 0.3 is 5.97 Å². The fraction of sp³-hybridized carbons (Fsp3) is 0.400. The molecule has 0 spiro atoms. The van der Waals surface area contributed by atoms with Gasteiger partial charge in [0.25, 0.3) is 5.91 Å². The summed E-state index contributed by atoms with van der Waals surface area (Å²) in [5.74, 6) is -2.44. The first-order valence-corrected chi connectivity index (χ1v) is 7.47. The number of aliphatic carboxylic acids is 1. The van der Waals surface area contributed by atoms with E-state index in [0.29, 0.717) is 16.6 Å². The summed E-state index contributed by atoms with van der Waals surface area (Å²) in [6, 6.07) is 0. The third-order valence-electron chi connectivity index (χ3n) is 2.93. The highest BCUT2D eigenvalue weighted by Gasteiger charge is 2.46. The molecule has 0 unspecified atom stereocenters. The molecule has 1 fully saturated rings. The summed E-state index contributed by atoms with van der Waals surface area (Å²) in [4.78, 5) is 22.9. The fourth-order valence-electron chi connectivity index (χ4n) is 1.71. The zero-order chi connectivity index (χ0) is 13.5. The number of carbonyl (C=O) groups is 2. The Balaban J connectivity index is 2.22. The lowest BCUT2D eigenvalue weighted by Gasteiger charge is -2.38. The van der Waals surface area contributed by atoms with Crippen molar-refractivity contribution >= 4 is 55.1 Å². The molecule has 1 aliphatic rings. The molecule has 0 saturated heterocycles. The quantitative estimate of drug-likeness (QED) is 0.818. The molecule has 1 saturated carbocycles. The predicted molar refractivity (Wildman–Crippen MR) is 71.4 cm³/mol. The van der Waals surface area contributed by atoms with Crippen molar-refractivity contribution in [2.24, 2.45) is 0 Å². The second-order valence-electron chi connectivity index (χ2n) is 4.03. The largest absolute Gasteiger partial charge is 0.480 e. The van der Waals surface area contributed by atoms with Crippen molar-refractivity contribution in [2.45, 2.75) is 24.8 Å². The molecule has 1 aliphatic carbocycles. The highest BCUT2D eigenvalue weighted by atomic mass is 79.9. The Kier molecular flexibility index (Phi) is 3.80. The van der Waals surface area contributed by atoms with Crippen molar-refractivity contribution in [1.82, 2.24) is 5.32 Å². The Hall–Kier alpha value is -0.470. The van der Waals surface area contributed by atoms with Crippen molar-refractivity contribution in [3.63, 3.8) is 0 Å². The lowest BCUT2D eigenvalue weighted by Crippen LogP contribution is -2.59. The molecule has 2 N–H and O–H groups in total. The topological polar surface area (TPSA) is 66.4 Å². The highest BCUT2D eigenvalue weighted by Crippen LogP contribution is 2.37. The summed E-state index contributed by atoms with van der Waals surface area (Å²) in [6.07, 6.45) is 1.50. The zero-order valence-electron chi connectivity index (χ0n) is 8.93. The van der Waals surface area contributed by atoms with E-state index >= 15 is 0 Å². The van der Waals surface area contributed by atoms with Gasteiger partial charge in [-0.1, -0.05) is 0 Å². The molecular weight excluding hydrogens is 393 g/mol. The molecule has 8 heteroatoms. The molecule has 1 aromatic rings. The maximum absolute atomic E-state index is 13.7. The number of carboxylic acid groups (broad SMARTS) is 1. The summed E-state index contributed by atoms with van der Waals surface area (Å²) in [6.45, 7) is 0. The number of carbonyl (C=O) groups excluding carboxylic acids is 1. The second-order valence-corrected chi connectivity index (χ2v) is 7.16. The van der Waals surface area contributed by atoms with E-state index in [1.807, 2.05) is 0 Å². The third-order valence-corrected chi connectivity index (χ3v) is 6.31. The van der Waals surface area contributed by atoms with Gasteiger partial charge in [0, 0.05) is 0 Å². The lowest BCUT2D eigenvalue weighted by atomic mass is 9.77. The molecule has 18 heavy (non-hydrogen) atoms. The molecule has 4 nitrogen and oxygen atoms in total. The molecule has 1 heterocycles. The van der Waals surface area contributed by atoms with Crippen LogP contribution in [-0.2, 0) is 4.79 Å². The monoisotopic (exact) mass is 399 g/mol. The van der Waals surface area contributed by atoms with Gasteiger partial charge in [0.05, 0.1) is 8.26 Å². The number of thiophene rings is 1. The van der Waals surface area contributed by atoms with Gasteiger partial charge in [-0.15, -0.1) is 11.3 Å². The van der Waals surface area contributed by atoms with E-state index in [4.69, 9.17) is 5.11 Å². The van der Waals surface area contributed by atoms with Gasteiger partial charge in [-0.3, -0.25) is 4.79 Å². The molecule has 0 aromatic carbocycles. The highest BCUT2D eigenvalue weighted by molar-refractivity contribution is 9.13. The van der Waals surface area contributed by atoms with Crippen LogP contribution in [0.2, 0.25) is 0 Å². The Morgan fingerprint density at radius 1 is 1.39 bits per heavy atom. The molecule has 98 valence electrons. The van der Waals surface area contributed by atoms with Crippen LogP contribution >= 0.6 is 43.2 Å². The van der Waals surface area contributed by atoms with E-state index in [0.717, 1.165) is 17.8 Å². The Bertz CT molecular complexity index is 527. The van der Waals surface area contributed by atoms with Crippen LogP contribution in [0.3, 0.4) is 0 Å². The summed E-state index contributed by atoms with van der Waals surface area (Å²) >= 11 is 7.04. The lowest BCUT2D eigenvalue weighted by molar-refractivity contribution is -0.148. The summed E-state index contributed by atoms with van der Waals surface area (Å²) < 4.78 is 14.3. The van der Waals surface area contributed by atoms with Crippen molar-refractivity contribution in [1.29, 1.82) is 0 Å². The van der Waals surface area contributed by atoms with Crippen LogP contribution in [0.4, 0.5) is 4.39 Å². The van der Waals surface area contributed by atoms with E-state index in [-0.39, 0.29) is 9.35 Å². The second kappa shape index (κ2) is 4.90. The number of rotatable bonds is 3. The van der Waals surface area contributed by atoms with Crippen LogP contribution in [0.25, 0.3) is 0 Å². The summed E-state index contributed by atoms with van der Waals surface area (Å²) in [5, 5.41) is 11.5. The number of hydrogen-bond donors (Lipinski definition) is 2. The molecule has 0 radical (unpaired) electrons. The maximum Gasteiger partial charge on any atom is 0.329 e. The van der Waals surface area contributed by atoms with Crippen LogP contribution in [0.1, 0.15) is 28.9 Å². The third kappa shape index (κ3) is 2.21. The summed E-state index contributed by atoms with van der Waals surface area (Å²) in [7, 11) is 0. The van der Waals surface area contributed by atoms with Crippen molar-refractivity contribution in [3.8, 4) is 0 Å². The van der Waals surface area contributed by atoms with Crippen LogP contribution in [0.5, 0.6) is 0 Å². The van der Waals surface area contributed by atoms with Crippen LogP contribution in [0, 0.1) is 5.82 Å². The Labute approximate surface area is 123 Å². The van der Waals surface area contributed by atoms with Gasteiger partial charge in [0.2, 0.25) is 0 Å². The van der Waals surface area contributed by atoms with Gasteiger partial charge in [-0.2, -0.15) is 0 Å². The van der Waals surface area contributed by atoms with Crippen LogP contribution in [0.15, 0.2) is 8.26 Å². The average Bonchev–Trinajstić information content (AvgIpc) is 2.50. The van der Waals surface area contributed by atoms with Crippen LogP contribution in [-0.4, -0.2) is 22.5 Å². The SMILES string of the molecule is O=C(NC1(C(=O)O)CCC1)c1sc(Br)c(Br)c1F. The number of halogens is 3. The van der Waals surface area contributed by atoms with Gasteiger partial charge in [-0.05, 0) is 51.1 Å².